The Balaban J connectivity index is 1.64. The molecule has 4 atom stereocenters. The first-order valence-electron chi connectivity index (χ1n) is 5.60. The largest absolute Gasteiger partial charge is 0.379 e. The van der Waals surface area contributed by atoms with Crippen molar-refractivity contribution in [2.75, 3.05) is 13.7 Å². The van der Waals surface area contributed by atoms with Gasteiger partial charge in [0.1, 0.15) is 6.61 Å². The lowest BCUT2D eigenvalue weighted by atomic mass is 9.85. The van der Waals surface area contributed by atoms with Crippen LogP contribution in [0.4, 0.5) is 0 Å². The average Bonchev–Trinajstić information content (AvgIpc) is 2.97. The fourth-order valence-corrected chi connectivity index (χ4v) is 2.44. The Morgan fingerprint density at radius 1 is 1.43 bits per heavy atom. The molecule has 1 heterocycles. The van der Waals surface area contributed by atoms with E-state index in [1.54, 1.807) is 7.11 Å². The number of fused-ring (bicyclic) bond motifs is 1. The summed E-state index contributed by atoms with van der Waals surface area (Å²) in [6.45, 7) is -0.105. The van der Waals surface area contributed by atoms with E-state index in [2.05, 4.69) is 0 Å². The zero-order valence-electron chi connectivity index (χ0n) is 8.78. The van der Waals surface area contributed by atoms with Gasteiger partial charge in [0.15, 0.2) is 0 Å². The van der Waals surface area contributed by atoms with Crippen LogP contribution in [0, 0.1) is 5.92 Å². The molecule has 0 bridgehead atoms. The third-order valence-electron chi connectivity index (χ3n) is 3.53. The highest BCUT2D eigenvalue weighted by Gasteiger charge is 2.43. The summed E-state index contributed by atoms with van der Waals surface area (Å²) in [5.41, 5.74) is 0. The third kappa shape index (κ3) is 2.47. The molecule has 0 spiro atoms. The van der Waals surface area contributed by atoms with Gasteiger partial charge < -0.3 is 9.47 Å². The predicted molar refractivity (Wildman–Crippen MR) is 51.6 cm³/mol. The van der Waals surface area contributed by atoms with Crippen molar-refractivity contribution >= 4 is 0 Å². The topological polar surface area (TPSA) is 41.7 Å². The molecule has 3 heteroatoms. The molecule has 2 aliphatic rings. The van der Waals surface area contributed by atoms with Crippen LogP contribution in [0.3, 0.4) is 0 Å². The third-order valence-corrected chi connectivity index (χ3v) is 3.53. The van der Waals surface area contributed by atoms with Crippen molar-refractivity contribution in [3.05, 3.63) is 0 Å². The van der Waals surface area contributed by atoms with E-state index >= 15 is 0 Å². The van der Waals surface area contributed by atoms with Gasteiger partial charge in [0.25, 0.3) is 0 Å². The first-order valence-corrected chi connectivity index (χ1v) is 5.60. The van der Waals surface area contributed by atoms with E-state index in [9.17, 15) is 5.11 Å². The minimum atomic E-state index is -0.105. The maximum Gasteiger partial charge on any atom is 0.108 e. The fourth-order valence-electron chi connectivity index (χ4n) is 2.44. The van der Waals surface area contributed by atoms with E-state index in [4.69, 9.17) is 9.47 Å². The van der Waals surface area contributed by atoms with Crippen LogP contribution in [0.5, 0.6) is 0 Å². The summed E-state index contributed by atoms with van der Waals surface area (Å²) in [6, 6.07) is 0. The molecule has 2 fully saturated rings. The van der Waals surface area contributed by atoms with Gasteiger partial charge in [-0.2, -0.15) is 0 Å². The lowest BCUT2D eigenvalue weighted by Gasteiger charge is -2.20. The Morgan fingerprint density at radius 3 is 2.93 bits per heavy atom. The molecule has 0 aromatic heterocycles. The fraction of sp³-hybridized carbons (Fsp3) is 1.00. The SMILES string of the molecule is COC(C[O])CCC1CCC2OC2C1. The molecule has 4 unspecified atom stereocenters. The molecular weight excluding hydrogens is 180 g/mol. The van der Waals surface area contributed by atoms with Gasteiger partial charge in [-0.3, -0.25) is 0 Å². The summed E-state index contributed by atoms with van der Waals surface area (Å²) in [4.78, 5) is 0. The highest BCUT2D eigenvalue weighted by molar-refractivity contribution is 4.91. The minimum absolute atomic E-state index is 0.0761. The number of hydrogen-bond donors (Lipinski definition) is 0. The smallest absolute Gasteiger partial charge is 0.108 e. The predicted octanol–water partition coefficient (Wildman–Crippen LogP) is 1.78. The molecule has 81 valence electrons. The normalized spacial score (nSPS) is 37.7. The van der Waals surface area contributed by atoms with Crippen LogP contribution in [0.2, 0.25) is 0 Å². The van der Waals surface area contributed by atoms with Gasteiger partial charge in [-0.1, -0.05) is 0 Å². The number of rotatable bonds is 5. The van der Waals surface area contributed by atoms with Crippen molar-refractivity contribution in [1.29, 1.82) is 0 Å². The second-order valence-corrected chi connectivity index (χ2v) is 4.49. The van der Waals surface area contributed by atoms with E-state index in [0.29, 0.717) is 12.2 Å². The first-order chi connectivity index (χ1) is 6.83. The zero-order valence-corrected chi connectivity index (χ0v) is 8.78. The lowest BCUT2D eigenvalue weighted by molar-refractivity contribution is 0.0115. The summed E-state index contributed by atoms with van der Waals surface area (Å²) >= 11 is 0. The van der Waals surface area contributed by atoms with Gasteiger partial charge in [-0.15, -0.1) is 0 Å². The Morgan fingerprint density at radius 2 is 2.29 bits per heavy atom. The van der Waals surface area contributed by atoms with Crippen molar-refractivity contribution in [1.82, 2.24) is 0 Å². The molecule has 1 saturated carbocycles. The Labute approximate surface area is 85.4 Å². The monoisotopic (exact) mass is 199 g/mol. The maximum absolute atomic E-state index is 10.7. The summed E-state index contributed by atoms with van der Waals surface area (Å²) in [5.74, 6) is 0.767. The van der Waals surface area contributed by atoms with Gasteiger partial charge in [0.05, 0.1) is 18.3 Å². The van der Waals surface area contributed by atoms with Gasteiger partial charge in [-0.25, -0.2) is 5.11 Å². The standard InChI is InChI=1S/C11H19O3/c1-13-9(7-12)4-2-8-3-5-10-11(6-8)14-10/h8-11H,2-7H2,1H3. The second kappa shape index (κ2) is 4.60. The zero-order chi connectivity index (χ0) is 9.97. The molecular formula is C11H19O3. The summed E-state index contributed by atoms with van der Waals surface area (Å²) in [6.07, 6.45) is 6.83. The van der Waals surface area contributed by atoms with Crippen LogP contribution in [0.15, 0.2) is 0 Å². The van der Waals surface area contributed by atoms with E-state index in [1.807, 2.05) is 0 Å². The average molecular weight is 199 g/mol. The van der Waals surface area contributed by atoms with Gasteiger partial charge in [-0.05, 0) is 38.0 Å². The Hall–Kier alpha value is -0.120. The van der Waals surface area contributed by atoms with Crippen molar-refractivity contribution in [2.24, 2.45) is 5.92 Å². The Kier molecular flexibility index (Phi) is 3.42. The molecule has 3 nitrogen and oxygen atoms in total. The molecule has 0 aromatic carbocycles. The highest BCUT2D eigenvalue weighted by Crippen LogP contribution is 2.41. The van der Waals surface area contributed by atoms with Crippen LogP contribution in [0.1, 0.15) is 32.1 Å². The molecule has 14 heavy (non-hydrogen) atoms. The molecule has 0 N–H and O–H groups in total. The maximum atomic E-state index is 10.7. The molecule has 0 aromatic rings. The van der Waals surface area contributed by atoms with E-state index in [0.717, 1.165) is 18.8 Å². The highest BCUT2D eigenvalue weighted by atomic mass is 16.6. The summed E-state index contributed by atoms with van der Waals surface area (Å²) in [5, 5.41) is 10.7. The number of ether oxygens (including phenoxy) is 2. The van der Waals surface area contributed by atoms with E-state index in [1.165, 1.54) is 19.3 Å². The lowest BCUT2D eigenvalue weighted by Crippen LogP contribution is -2.19. The van der Waals surface area contributed by atoms with Crippen molar-refractivity contribution in [3.8, 4) is 0 Å². The van der Waals surface area contributed by atoms with Gasteiger partial charge in [0, 0.05) is 7.11 Å². The molecule has 0 amide bonds. The Bertz CT molecular complexity index is 179. The van der Waals surface area contributed by atoms with Crippen LogP contribution in [-0.2, 0) is 14.6 Å². The van der Waals surface area contributed by atoms with Crippen LogP contribution in [-0.4, -0.2) is 32.0 Å². The van der Waals surface area contributed by atoms with Crippen molar-refractivity contribution in [3.63, 3.8) is 0 Å². The first kappa shape index (κ1) is 10.4. The number of epoxide rings is 1. The van der Waals surface area contributed by atoms with Crippen LogP contribution in [0.25, 0.3) is 0 Å². The summed E-state index contributed by atoms with van der Waals surface area (Å²) in [7, 11) is 1.63. The van der Waals surface area contributed by atoms with Crippen molar-refractivity contribution in [2.45, 2.75) is 50.4 Å². The van der Waals surface area contributed by atoms with E-state index < -0.39 is 0 Å². The molecule has 1 aliphatic heterocycles. The molecule has 1 aliphatic carbocycles. The second-order valence-electron chi connectivity index (χ2n) is 4.49. The van der Waals surface area contributed by atoms with Crippen molar-refractivity contribution < 1.29 is 14.6 Å². The van der Waals surface area contributed by atoms with Gasteiger partial charge in [0.2, 0.25) is 0 Å². The molecule has 2 rings (SSSR count). The summed E-state index contributed by atoms with van der Waals surface area (Å²) < 4.78 is 10.6. The van der Waals surface area contributed by atoms with Crippen LogP contribution < -0.4 is 0 Å². The molecule has 1 radical (unpaired) electrons. The molecule has 1 saturated heterocycles. The van der Waals surface area contributed by atoms with Gasteiger partial charge >= 0.3 is 0 Å². The number of hydrogen-bond acceptors (Lipinski definition) is 2. The quantitative estimate of drug-likeness (QED) is 0.633. The van der Waals surface area contributed by atoms with E-state index in [-0.39, 0.29) is 12.7 Å². The van der Waals surface area contributed by atoms with Crippen LogP contribution >= 0.6 is 0 Å². The number of methoxy groups -OCH3 is 1. The minimum Gasteiger partial charge on any atom is -0.379 e.